The number of nitrogens with zero attached hydrogens (tertiary/aromatic N) is 2. The van der Waals surface area contributed by atoms with Gasteiger partial charge in [0, 0.05) is 0 Å². The summed E-state index contributed by atoms with van der Waals surface area (Å²) < 4.78 is 10.5. The van der Waals surface area contributed by atoms with E-state index in [0.717, 1.165) is 17.6 Å². The molecule has 1 fully saturated rings. The average Bonchev–Trinajstić information content (AvgIpc) is 3.10. The van der Waals surface area contributed by atoms with Crippen molar-refractivity contribution in [3.8, 4) is 5.88 Å². The highest BCUT2D eigenvalue weighted by Gasteiger charge is 2.23. The van der Waals surface area contributed by atoms with Crippen molar-refractivity contribution in [2.75, 3.05) is 13.2 Å². The quantitative estimate of drug-likeness (QED) is 0.706. The second kappa shape index (κ2) is 3.47. The molecule has 1 unspecified atom stereocenters. The van der Waals surface area contributed by atoms with Gasteiger partial charge in [0.15, 0.2) is 0 Å². The van der Waals surface area contributed by atoms with E-state index in [0.29, 0.717) is 12.5 Å². The first-order valence-corrected chi connectivity index (χ1v) is 4.88. The molecule has 1 aliphatic heterocycles. The van der Waals surface area contributed by atoms with Crippen molar-refractivity contribution >= 4 is 11.0 Å². The molecule has 1 atom stereocenters. The molecule has 4 nitrogen and oxygen atoms in total. The van der Waals surface area contributed by atoms with Crippen LogP contribution in [0.3, 0.4) is 0 Å². The summed E-state index contributed by atoms with van der Waals surface area (Å²) in [7, 11) is 0. The molecule has 1 aromatic carbocycles. The normalized spacial score (nSPS) is 19.1. The lowest BCUT2D eigenvalue weighted by molar-refractivity contribution is 0.255. The van der Waals surface area contributed by atoms with Crippen molar-refractivity contribution in [2.24, 2.45) is 0 Å². The number of para-hydroxylation sites is 2. The number of aromatic nitrogens is 2. The Balaban J connectivity index is 1.84. The number of hydrogen-bond donors (Lipinski definition) is 0. The molecule has 1 saturated heterocycles. The number of fused-ring (bicyclic) bond motifs is 1. The topological polar surface area (TPSA) is 47.5 Å². The number of ether oxygens (including phenoxy) is 2. The minimum atomic E-state index is 0.248. The van der Waals surface area contributed by atoms with Crippen LogP contribution in [0.2, 0.25) is 0 Å². The third-order valence-electron chi connectivity index (χ3n) is 2.25. The molecule has 0 bridgehead atoms. The van der Waals surface area contributed by atoms with Gasteiger partial charge in [-0.15, -0.1) is 0 Å². The van der Waals surface area contributed by atoms with Gasteiger partial charge in [-0.05, 0) is 12.1 Å². The summed E-state index contributed by atoms with van der Waals surface area (Å²) in [5.41, 5.74) is 1.74. The van der Waals surface area contributed by atoms with Crippen molar-refractivity contribution in [1.82, 2.24) is 9.97 Å². The fourth-order valence-electron chi connectivity index (χ4n) is 1.35. The predicted molar refractivity (Wildman–Crippen MR) is 54.8 cm³/mol. The molecule has 15 heavy (non-hydrogen) atoms. The molecule has 2 heterocycles. The second-order valence-corrected chi connectivity index (χ2v) is 3.46. The lowest BCUT2D eigenvalue weighted by Crippen LogP contribution is -2.05. The first-order valence-electron chi connectivity index (χ1n) is 4.88. The van der Waals surface area contributed by atoms with Crippen molar-refractivity contribution in [3.63, 3.8) is 0 Å². The van der Waals surface area contributed by atoms with Gasteiger partial charge in [-0.2, -0.15) is 0 Å². The summed E-state index contributed by atoms with van der Waals surface area (Å²) >= 11 is 0. The van der Waals surface area contributed by atoms with Crippen molar-refractivity contribution in [2.45, 2.75) is 6.10 Å². The maximum absolute atomic E-state index is 5.44. The molecular formula is C11H10N2O2. The van der Waals surface area contributed by atoms with Crippen LogP contribution in [0.1, 0.15) is 0 Å². The van der Waals surface area contributed by atoms with Crippen LogP contribution in [0.25, 0.3) is 11.0 Å². The predicted octanol–water partition coefficient (Wildman–Crippen LogP) is 1.41. The molecule has 0 amide bonds. The monoisotopic (exact) mass is 202 g/mol. The molecule has 1 aromatic heterocycles. The third kappa shape index (κ3) is 1.89. The van der Waals surface area contributed by atoms with Crippen molar-refractivity contribution in [3.05, 3.63) is 30.5 Å². The first-order chi connectivity index (χ1) is 7.42. The van der Waals surface area contributed by atoms with Crippen LogP contribution in [0.5, 0.6) is 5.88 Å². The number of epoxide rings is 1. The van der Waals surface area contributed by atoms with Gasteiger partial charge in [0.05, 0.1) is 23.8 Å². The zero-order chi connectivity index (χ0) is 10.1. The third-order valence-corrected chi connectivity index (χ3v) is 2.25. The first kappa shape index (κ1) is 8.61. The molecule has 0 aliphatic carbocycles. The molecule has 1 aliphatic rings. The van der Waals surface area contributed by atoms with Gasteiger partial charge in [-0.1, -0.05) is 12.1 Å². The fraction of sp³-hybridized carbons (Fsp3) is 0.273. The fourth-order valence-corrected chi connectivity index (χ4v) is 1.35. The molecule has 2 aromatic rings. The highest BCUT2D eigenvalue weighted by molar-refractivity contribution is 5.73. The van der Waals surface area contributed by atoms with Crippen LogP contribution in [0.4, 0.5) is 0 Å². The lowest BCUT2D eigenvalue weighted by Gasteiger charge is -2.03. The Morgan fingerprint density at radius 3 is 2.93 bits per heavy atom. The lowest BCUT2D eigenvalue weighted by atomic mass is 10.3. The van der Waals surface area contributed by atoms with E-state index in [4.69, 9.17) is 9.47 Å². The minimum absolute atomic E-state index is 0.248. The van der Waals surface area contributed by atoms with Crippen LogP contribution in [-0.4, -0.2) is 29.3 Å². The van der Waals surface area contributed by atoms with Gasteiger partial charge in [-0.25, -0.2) is 9.97 Å². The molecular weight excluding hydrogens is 192 g/mol. The molecule has 76 valence electrons. The van der Waals surface area contributed by atoms with Gasteiger partial charge in [-0.3, -0.25) is 0 Å². The van der Waals surface area contributed by atoms with E-state index < -0.39 is 0 Å². The number of hydrogen-bond acceptors (Lipinski definition) is 4. The zero-order valence-corrected chi connectivity index (χ0v) is 8.09. The summed E-state index contributed by atoms with van der Waals surface area (Å²) in [6, 6.07) is 7.72. The summed E-state index contributed by atoms with van der Waals surface area (Å²) in [6.45, 7) is 1.36. The SMILES string of the molecule is c1ccc2nc(OCC3CO3)cnc2c1. The van der Waals surface area contributed by atoms with E-state index in [1.54, 1.807) is 6.20 Å². The summed E-state index contributed by atoms with van der Waals surface area (Å²) in [6.07, 6.45) is 1.89. The maximum atomic E-state index is 5.44. The zero-order valence-electron chi connectivity index (χ0n) is 8.09. The van der Waals surface area contributed by atoms with Crippen LogP contribution >= 0.6 is 0 Å². The van der Waals surface area contributed by atoms with Gasteiger partial charge in [0.1, 0.15) is 12.7 Å². The molecule has 0 N–H and O–H groups in total. The van der Waals surface area contributed by atoms with Crippen molar-refractivity contribution < 1.29 is 9.47 Å². The molecule has 3 rings (SSSR count). The van der Waals surface area contributed by atoms with E-state index in [2.05, 4.69) is 9.97 Å². The van der Waals surface area contributed by atoms with Gasteiger partial charge in [0.2, 0.25) is 5.88 Å². The Morgan fingerprint density at radius 1 is 1.33 bits per heavy atom. The highest BCUT2D eigenvalue weighted by Crippen LogP contribution is 2.15. The Hall–Kier alpha value is -1.68. The van der Waals surface area contributed by atoms with Crippen molar-refractivity contribution in [1.29, 1.82) is 0 Å². The van der Waals surface area contributed by atoms with E-state index in [1.807, 2.05) is 24.3 Å². The largest absolute Gasteiger partial charge is 0.474 e. The standard InChI is InChI=1S/C11H10N2O2/c1-2-4-10-9(3-1)12-5-11(13-10)15-7-8-6-14-8/h1-5,8H,6-7H2. The second-order valence-electron chi connectivity index (χ2n) is 3.46. The Morgan fingerprint density at radius 2 is 2.13 bits per heavy atom. The van der Waals surface area contributed by atoms with E-state index in [1.165, 1.54) is 0 Å². The van der Waals surface area contributed by atoms with Gasteiger partial charge >= 0.3 is 0 Å². The summed E-state index contributed by atoms with van der Waals surface area (Å²) in [5, 5.41) is 0. The number of rotatable bonds is 3. The number of benzene rings is 1. The summed E-state index contributed by atoms with van der Waals surface area (Å²) in [4.78, 5) is 8.59. The molecule has 0 spiro atoms. The van der Waals surface area contributed by atoms with Crippen LogP contribution in [0, 0.1) is 0 Å². The van der Waals surface area contributed by atoms with Gasteiger partial charge in [0.25, 0.3) is 0 Å². The molecule has 0 saturated carbocycles. The Bertz CT molecular complexity index is 483. The minimum Gasteiger partial charge on any atom is -0.474 e. The highest BCUT2D eigenvalue weighted by atomic mass is 16.6. The van der Waals surface area contributed by atoms with E-state index >= 15 is 0 Å². The van der Waals surface area contributed by atoms with Crippen LogP contribution in [-0.2, 0) is 4.74 Å². The van der Waals surface area contributed by atoms with E-state index in [9.17, 15) is 0 Å². The van der Waals surface area contributed by atoms with Gasteiger partial charge < -0.3 is 9.47 Å². The van der Waals surface area contributed by atoms with Crippen LogP contribution < -0.4 is 4.74 Å². The van der Waals surface area contributed by atoms with E-state index in [-0.39, 0.29) is 6.10 Å². The smallest absolute Gasteiger partial charge is 0.232 e. The summed E-state index contributed by atoms with van der Waals surface area (Å²) in [5.74, 6) is 0.559. The molecule has 4 heteroatoms. The average molecular weight is 202 g/mol. The Labute approximate surface area is 86.9 Å². The molecule has 0 radical (unpaired) electrons. The Kier molecular flexibility index (Phi) is 1.99. The maximum Gasteiger partial charge on any atom is 0.232 e. The van der Waals surface area contributed by atoms with Crippen LogP contribution in [0.15, 0.2) is 30.5 Å².